The molecule has 0 saturated heterocycles. The standard InChI is InChI=1S/C16H10Cl2N2O4/c17-11-5-12(18)7-13(6-11)20-15(21)9-24-16(22)10(8-19)4-14-2-1-3-23-14/h1-7H,9H2,(H,20,21)/b10-4+. The number of rotatable bonds is 5. The number of halogens is 2. The van der Waals surface area contributed by atoms with E-state index in [4.69, 9.17) is 37.6 Å². The Bertz CT molecular complexity index is 803. The third kappa shape index (κ3) is 5.16. The lowest BCUT2D eigenvalue weighted by Gasteiger charge is -2.07. The van der Waals surface area contributed by atoms with Gasteiger partial charge in [0.25, 0.3) is 5.91 Å². The minimum atomic E-state index is -0.937. The van der Waals surface area contributed by atoms with Crippen LogP contribution in [0.25, 0.3) is 6.08 Å². The van der Waals surface area contributed by atoms with Gasteiger partial charge in [0.2, 0.25) is 0 Å². The first-order valence-electron chi connectivity index (χ1n) is 6.56. The molecule has 1 amide bonds. The van der Waals surface area contributed by atoms with E-state index in [0.717, 1.165) is 0 Å². The van der Waals surface area contributed by atoms with Crippen LogP contribution in [0.2, 0.25) is 10.0 Å². The fraction of sp³-hybridized carbons (Fsp3) is 0.0625. The Balaban J connectivity index is 1.93. The molecule has 6 nitrogen and oxygen atoms in total. The van der Waals surface area contributed by atoms with Crippen molar-refractivity contribution in [1.29, 1.82) is 5.26 Å². The van der Waals surface area contributed by atoms with E-state index in [1.165, 1.54) is 30.5 Å². The van der Waals surface area contributed by atoms with E-state index in [2.05, 4.69) is 5.32 Å². The van der Waals surface area contributed by atoms with Crippen LogP contribution in [-0.2, 0) is 14.3 Å². The highest BCUT2D eigenvalue weighted by atomic mass is 35.5. The molecule has 0 atom stereocenters. The van der Waals surface area contributed by atoms with Crippen LogP contribution in [0, 0.1) is 11.3 Å². The maximum atomic E-state index is 11.8. The number of nitrogens with one attached hydrogen (secondary N) is 1. The maximum Gasteiger partial charge on any atom is 0.349 e. The van der Waals surface area contributed by atoms with E-state index >= 15 is 0 Å². The van der Waals surface area contributed by atoms with Crippen molar-refractivity contribution in [3.8, 4) is 6.07 Å². The lowest BCUT2D eigenvalue weighted by atomic mass is 10.2. The molecule has 2 aromatic rings. The molecule has 0 fully saturated rings. The first-order valence-corrected chi connectivity index (χ1v) is 7.32. The van der Waals surface area contributed by atoms with E-state index in [-0.39, 0.29) is 5.57 Å². The zero-order chi connectivity index (χ0) is 17.5. The minimum absolute atomic E-state index is 0.288. The third-order valence-electron chi connectivity index (χ3n) is 2.65. The average Bonchev–Trinajstić information content (AvgIpc) is 3.02. The summed E-state index contributed by atoms with van der Waals surface area (Å²) in [4.78, 5) is 23.6. The summed E-state index contributed by atoms with van der Waals surface area (Å²) in [6.45, 7) is -0.569. The molecule has 0 spiro atoms. The van der Waals surface area contributed by atoms with Crippen LogP contribution < -0.4 is 5.32 Å². The van der Waals surface area contributed by atoms with Gasteiger partial charge in [-0.05, 0) is 30.3 Å². The highest BCUT2D eigenvalue weighted by Crippen LogP contribution is 2.22. The molecule has 122 valence electrons. The normalized spacial score (nSPS) is 10.8. The van der Waals surface area contributed by atoms with E-state index in [1.54, 1.807) is 18.2 Å². The largest absolute Gasteiger partial charge is 0.465 e. The number of hydrogen-bond acceptors (Lipinski definition) is 5. The number of ether oxygens (including phenoxy) is 1. The summed E-state index contributed by atoms with van der Waals surface area (Å²) in [5.74, 6) is -1.22. The van der Waals surface area contributed by atoms with Gasteiger partial charge in [-0.3, -0.25) is 4.79 Å². The van der Waals surface area contributed by atoms with Gasteiger partial charge < -0.3 is 14.5 Å². The van der Waals surface area contributed by atoms with Crippen molar-refractivity contribution in [2.75, 3.05) is 11.9 Å². The van der Waals surface area contributed by atoms with E-state index < -0.39 is 18.5 Å². The summed E-state index contributed by atoms with van der Waals surface area (Å²) in [5, 5.41) is 12.1. The van der Waals surface area contributed by atoms with Gasteiger partial charge in [-0.1, -0.05) is 23.2 Å². The number of carbonyl (C=O) groups excluding carboxylic acids is 2. The summed E-state index contributed by atoms with van der Waals surface area (Å²) >= 11 is 11.6. The monoisotopic (exact) mass is 364 g/mol. The van der Waals surface area contributed by atoms with Crippen molar-refractivity contribution in [3.63, 3.8) is 0 Å². The molecule has 0 radical (unpaired) electrons. The van der Waals surface area contributed by atoms with Crippen molar-refractivity contribution in [3.05, 3.63) is 58.0 Å². The number of nitriles is 1. The maximum absolute atomic E-state index is 11.8. The summed E-state index contributed by atoms with van der Waals surface area (Å²) in [6.07, 6.45) is 2.62. The van der Waals surface area contributed by atoms with Crippen molar-refractivity contribution < 1.29 is 18.7 Å². The molecule has 1 heterocycles. The van der Waals surface area contributed by atoms with Crippen molar-refractivity contribution >= 4 is 46.8 Å². The molecule has 0 saturated carbocycles. The van der Waals surface area contributed by atoms with Gasteiger partial charge in [0, 0.05) is 21.8 Å². The number of esters is 1. The van der Waals surface area contributed by atoms with E-state index in [0.29, 0.717) is 21.5 Å². The Morgan fingerprint density at radius 2 is 2.00 bits per heavy atom. The quantitative estimate of drug-likeness (QED) is 0.496. The average molecular weight is 365 g/mol. The second kappa shape index (κ2) is 8.20. The predicted octanol–water partition coefficient (Wildman–Crippen LogP) is 3.68. The third-order valence-corrected chi connectivity index (χ3v) is 3.09. The SMILES string of the molecule is N#C/C(=C\c1ccco1)C(=O)OCC(=O)Nc1cc(Cl)cc(Cl)c1. The summed E-state index contributed by atoms with van der Waals surface area (Å²) < 4.78 is 9.79. The van der Waals surface area contributed by atoms with Gasteiger partial charge >= 0.3 is 5.97 Å². The van der Waals surface area contributed by atoms with Gasteiger partial charge in [0.1, 0.15) is 17.4 Å². The van der Waals surface area contributed by atoms with Crippen molar-refractivity contribution in [2.45, 2.75) is 0 Å². The molecule has 8 heteroatoms. The molecule has 1 aromatic heterocycles. The first-order chi connectivity index (χ1) is 11.5. The van der Waals surface area contributed by atoms with Gasteiger partial charge in [-0.15, -0.1) is 0 Å². The van der Waals surface area contributed by atoms with Crippen LogP contribution in [-0.4, -0.2) is 18.5 Å². The van der Waals surface area contributed by atoms with Gasteiger partial charge in [0.15, 0.2) is 6.61 Å². The highest BCUT2D eigenvalue weighted by molar-refractivity contribution is 6.35. The fourth-order valence-corrected chi connectivity index (χ4v) is 2.21. The molecule has 0 unspecified atom stereocenters. The Labute approximate surface area is 147 Å². The second-order valence-electron chi connectivity index (χ2n) is 4.47. The summed E-state index contributed by atoms with van der Waals surface area (Å²) in [5.41, 5.74) is 0.0729. The molecule has 0 aliphatic heterocycles. The Kier molecular flexibility index (Phi) is 6.01. The second-order valence-corrected chi connectivity index (χ2v) is 5.34. The van der Waals surface area contributed by atoms with Crippen LogP contribution in [0.5, 0.6) is 0 Å². The highest BCUT2D eigenvalue weighted by Gasteiger charge is 2.14. The molecule has 0 aliphatic carbocycles. The lowest BCUT2D eigenvalue weighted by Crippen LogP contribution is -2.21. The Morgan fingerprint density at radius 1 is 1.29 bits per heavy atom. The topological polar surface area (TPSA) is 92.3 Å². The van der Waals surface area contributed by atoms with Crippen LogP contribution in [0.4, 0.5) is 5.69 Å². The number of hydrogen-bond donors (Lipinski definition) is 1. The zero-order valence-electron chi connectivity index (χ0n) is 12.1. The molecule has 0 bridgehead atoms. The van der Waals surface area contributed by atoms with Crippen molar-refractivity contribution in [2.24, 2.45) is 0 Å². The Hall–Kier alpha value is -2.75. The van der Waals surface area contributed by atoms with Gasteiger partial charge in [-0.25, -0.2) is 4.79 Å². The molecule has 24 heavy (non-hydrogen) atoms. The van der Waals surface area contributed by atoms with Crippen LogP contribution in [0.1, 0.15) is 5.76 Å². The summed E-state index contributed by atoms with van der Waals surface area (Å²) in [7, 11) is 0. The zero-order valence-corrected chi connectivity index (χ0v) is 13.6. The molecule has 1 N–H and O–H groups in total. The number of carbonyl (C=O) groups is 2. The first kappa shape index (κ1) is 17.6. The van der Waals surface area contributed by atoms with Crippen LogP contribution in [0.3, 0.4) is 0 Å². The number of benzene rings is 1. The minimum Gasteiger partial charge on any atom is -0.465 e. The lowest BCUT2D eigenvalue weighted by molar-refractivity contribution is -0.142. The van der Waals surface area contributed by atoms with E-state index in [9.17, 15) is 9.59 Å². The molecule has 1 aromatic carbocycles. The smallest absolute Gasteiger partial charge is 0.349 e. The molecular weight excluding hydrogens is 355 g/mol. The number of furan rings is 1. The number of anilines is 1. The van der Waals surface area contributed by atoms with Crippen molar-refractivity contribution in [1.82, 2.24) is 0 Å². The van der Waals surface area contributed by atoms with Gasteiger partial charge in [0.05, 0.1) is 6.26 Å². The molecule has 0 aliphatic rings. The van der Waals surface area contributed by atoms with Gasteiger partial charge in [-0.2, -0.15) is 5.26 Å². The van der Waals surface area contributed by atoms with E-state index in [1.807, 2.05) is 0 Å². The van der Waals surface area contributed by atoms with Crippen LogP contribution in [0.15, 0.2) is 46.6 Å². The van der Waals surface area contributed by atoms with Crippen LogP contribution >= 0.6 is 23.2 Å². The number of amides is 1. The molecular formula is C16H10Cl2N2O4. The number of nitrogens with zero attached hydrogens (tertiary/aromatic N) is 1. The molecule has 2 rings (SSSR count). The Morgan fingerprint density at radius 3 is 2.58 bits per heavy atom. The predicted molar refractivity (Wildman–Crippen MR) is 88.3 cm³/mol. The fourth-order valence-electron chi connectivity index (χ4n) is 1.68. The summed E-state index contributed by atoms with van der Waals surface area (Å²) in [6, 6.07) is 9.36.